The third-order valence-electron chi connectivity index (χ3n) is 5.47. The molecule has 0 aliphatic heterocycles. The molecule has 0 fully saturated rings. The van der Waals surface area contributed by atoms with Gasteiger partial charge in [-0.2, -0.15) is 0 Å². The van der Waals surface area contributed by atoms with Gasteiger partial charge in [0, 0.05) is 35.1 Å². The summed E-state index contributed by atoms with van der Waals surface area (Å²) in [5.74, 6) is 0.694. The maximum atomic E-state index is 12.0. The molecule has 0 amide bonds. The smallest absolute Gasteiger partial charge is 0.336 e. The highest BCUT2D eigenvalue weighted by Gasteiger charge is 2.27. The van der Waals surface area contributed by atoms with Gasteiger partial charge in [0.25, 0.3) is 0 Å². The predicted molar refractivity (Wildman–Crippen MR) is 102 cm³/mol. The minimum atomic E-state index is -0.308. The Morgan fingerprint density at radius 2 is 2.04 bits per heavy atom. The first-order valence-corrected chi connectivity index (χ1v) is 9.16. The number of rotatable bonds is 4. The van der Waals surface area contributed by atoms with E-state index in [2.05, 4.69) is 31.3 Å². The molecule has 1 aromatic heterocycles. The normalized spacial score (nSPS) is 17.7. The van der Waals surface area contributed by atoms with Crippen LogP contribution in [0.3, 0.4) is 0 Å². The fourth-order valence-corrected chi connectivity index (χ4v) is 4.17. The van der Waals surface area contributed by atoms with Gasteiger partial charge >= 0.3 is 5.63 Å². The topological polar surface area (TPSA) is 43.9 Å². The van der Waals surface area contributed by atoms with E-state index in [1.54, 1.807) is 19.2 Å². The molecule has 26 heavy (non-hydrogen) atoms. The molecule has 0 bridgehead atoms. The highest BCUT2D eigenvalue weighted by atomic mass is 16.5. The molecule has 1 unspecified atom stereocenters. The van der Waals surface area contributed by atoms with Crippen molar-refractivity contribution in [1.82, 2.24) is 0 Å². The van der Waals surface area contributed by atoms with Crippen LogP contribution in [0, 0.1) is 0 Å². The molecule has 3 aromatic rings. The third kappa shape index (κ3) is 3.13. The SMILES string of the molecule is COc1ccc2c(C[NH+](C)[C@@H]3CCCc4ccccc43)cc(=O)oc2c1. The van der Waals surface area contributed by atoms with Gasteiger partial charge in [-0.25, -0.2) is 4.79 Å². The van der Waals surface area contributed by atoms with Crippen molar-refractivity contribution < 1.29 is 14.1 Å². The summed E-state index contributed by atoms with van der Waals surface area (Å²) in [5.41, 5.74) is 4.22. The standard InChI is InChI=1S/C22H23NO3/c1-23(20-9-5-7-15-6-3-4-8-18(15)20)14-16-12-22(24)26-21-13-17(25-2)10-11-19(16)21/h3-4,6,8,10-13,20H,5,7,9,14H2,1-2H3/p+1/t20-/m1/s1. The molecule has 1 heterocycles. The quantitative estimate of drug-likeness (QED) is 0.736. The Morgan fingerprint density at radius 1 is 1.19 bits per heavy atom. The van der Waals surface area contributed by atoms with Crippen LogP contribution in [0.1, 0.15) is 35.6 Å². The lowest BCUT2D eigenvalue weighted by atomic mass is 9.87. The largest absolute Gasteiger partial charge is 0.497 e. The summed E-state index contributed by atoms with van der Waals surface area (Å²) >= 11 is 0. The predicted octanol–water partition coefficient (Wildman–Crippen LogP) is 2.89. The van der Waals surface area contributed by atoms with Crippen LogP contribution in [0.5, 0.6) is 5.75 Å². The number of benzene rings is 2. The van der Waals surface area contributed by atoms with Crippen LogP contribution in [-0.2, 0) is 13.0 Å². The van der Waals surface area contributed by atoms with E-state index >= 15 is 0 Å². The fourth-order valence-electron chi connectivity index (χ4n) is 4.17. The van der Waals surface area contributed by atoms with Crippen LogP contribution in [0.15, 0.2) is 57.7 Å². The number of fused-ring (bicyclic) bond motifs is 2. The van der Waals surface area contributed by atoms with Crippen molar-refractivity contribution in [1.29, 1.82) is 0 Å². The van der Waals surface area contributed by atoms with Crippen LogP contribution in [0.25, 0.3) is 11.0 Å². The second-order valence-electron chi connectivity index (χ2n) is 7.12. The van der Waals surface area contributed by atoms with Gasteiger partial charge in [0.2, 0.25) is 0 Å². The summed E-state index contributed by atoms with van der Waals surface area (Å²) in [6.07, 6.45) is 3.56. The first-order valence-electron chi connectivity index (χ1n) is 9.16. The van der Waals surface area contributed by atoms with Gasteiger partial charge in [0.1, 0.15) is 23.9 Å². The molecule has 0 radical (unpaired) electrons. The van der Waals surface area contributed by atoms with Crippen molar-refractivity contribution in [3.63, 3.8) is 0 Å². The van der Waals surface area contributed by atoms with E-state index in [1.165, 1.54) is 28.9 Å². The molecule has 0 saturated carbocycles. The number of ether oxygens (including phenoxy) is 1. The van der Waals surface area contributed by atoms with Crippen LogP contribution in [0.4, 0.5) is 0 Å². The molecule has 2 aromatic carbocycles. The van der Waals surface area contributed by atoms with E-state index < -0.39 is 0 Å². The van der Waals surface area contributed by atoms with Gasteiger partial charge in [-0.15, -0.1) is 0 Å². The van der Waals surface area contributed by atoms with E-state index in [0.29, 0.717) is 17.4 Å². The summed E-state index contributed by atoms with van der Waals surface area (Å²) in [6, 6.07) is 16.5. The molecule has 2 atom stereocenters. The Hall–Kier alpha value is -2.59. The Kier molecular flexibility index (Phi) is 4.51. The average Bonchev–Trinajstić information content (AvgIpc) is 2.66. The first kappa shape index (κ1) is 16.9. The van der Waals surface area contributed by atoms with Gasteiger partial charge in [0.15, 0.2) is 0 Å². The monoisotopic (exact) mass is 350 g/mol. The maximum absolute atomic E-state index is 12.0. The highest BCUT2D eigenvalue weighted by Crippen LogP contribution is 2.28. The van der Waals surface area contributed by atoms with Gasteiger partial charge < -0.3 is 14.1 Å². The molecule has 0 saturated heterocycles. The minimum Gasteiger partial charge on any atom is -0.497 e. The lowest BCUT2D eigenvalue weighted by molar-refractivity contribution is -0.926. The first-order chi connectivity index (χ1) is 12.7. The Labute approximate surface area is 153 Å². The van der Waals surface area contributed by atoms with Crippen LogP contribution in [-0.4, -0.2) is 14.2 Å². The van der Waals surface area contributed by atoms with Crippen LogP contribution < -0.4 is 15.3 Å². The molecule has 0 spiro atoms. The molecule has 1 N–H and O–H groups in total. The van der Waals surface area contributed by atoms with Crippen molar-refractivity contribution in [2.75, 3.05) is 14.2 Å². The van der Waals surface area contributed by atoms with Crippen molar-refractivity contribution in [3.05, 3.63) is 75.6 Å². The van der Waals surface area contributed by atoms with Crippen molar-refractivity contribution >= 4 is 11.0 Å². The van der Waals surface area contributed by atoms with E-state index in [4.69, 9.17) is 9.15 Å². The average molecular weight is 350 g/mol. The lowest BCUT2D eigenvalue weighted by Crippen LogP contribution is -3.08. The minimum absolute atomic E-state index is 0.308. The van der Waals surface area contributed by atoms with Crippen molar-refractivity contribution in [3.8, 4) is 5.75 Å². The second kappa shape index (κ2) is 6.96. The molecule has 4 heteroatoms. The zero-order valence-electron chi connectivity index (χ0n) is 15.2. The number of hydrogen-bond acceptors (Lipinski definition) is 3. The molecule has 1 aliphatic carbocycles. The molecular weight excluding hydrogens is 326 g/mol. The summed E-state index contributed by atoms with van der Waals surface area (Å²) in [7, 11) is 3.83. The summed E-state index contributed by atoms with van der Waals surface area (Å²) in [5, 5.41) is 0.980. The fraction of sp³-hybridized carbons (Fsp3) is 0.318. The van der Waals surface area contributed by atoms with Crippen LogP contribution in [0.2, 0.25) is 0 Å². The van der Waals surface area contributed by atoms with E-state index in [9.17, 15) is 4.79 Å². The van der Waals surface area contributed by atoms with Gasteiger partial charge in [0.05, 0.1) is 14.2 Å². The molecule has 4 rings (SSSR count). The molecule has 1 aliphatic rings. The van der Waals surface area contributed by atoms with Crippen LogP contribution >= 0.6 is 0 Å². The van der Waals surface area contributed by atoms with E-state index in [0.717, 1.165) is 23.9 Å². The highest BCUT2D eigenvalue weighted by molar-refractivity contribution is 5.81. The number of quaternary nitrogens is 1. The van der Waals surface area contributed by atoms with E-state index in [-0.39, 0.29) is 5.63 Å². The Bertz CT molecular complexity index is 992. The zero-order valence-corrected chi connectivity index (χ0v) is 15.2. The summed E-state index contributed by atoms with van der Waals surface area (Å²) < 4.78 is 10.6. The second-order valence-corrected chi connectivity index (χ2v) is 7.12. The third-order valence-corrected chi connectivity index (χ3v) is 5.47. The maximum Gasteiger partial charge on any atom is 0.336 e. The van der Waals surface area contributed by atoms with E-state index in [1.807, 2.05) is 12.1 Å². The number of aryl methyl sites for hydroxylation is 1. The number of nitrogens with one attached hydrogen (secondary N) is 1. The molecule has 4 nitrogen and oxygen atoms in total. The lowest BCUT2D eigenvalue weighted by Gasteiger charge is -2.30. The van der Waals surface area contributed by atoms with Crippen molar-refractivity contribution in [2.24, 2.45) is 0 Å². The Morgan fingerprint density at radius 3 is 2.88 bits per heavy atom. The van der Waals surface area contributed by atoms with Gasteiger partial charge in [-0.1, -0.05) is 24.3 Å². The molecule has 134 valence electrons. The van der Waals surface area contributed by atoms with Crippen molar-refractivity contribution in [2.45, 2.75) is 31.8 Å². The summed E-state index contributed by atoms with van der Waals surface area (Å²) in [6.45, 7) is 0.785. The van der Waals surface area contributed by atoms with Gasteiger partial charge in [-0.05, 0) is 30.5 Å². The zero-order chi connectivity index (χ0) is 18.1. The number of hydrogen-bond donors (Lipinski definition) is 1. The number of methoxy groups -OCH3 is 1. The Balaban J connectivity index is 1.68. The molecular formula is C22H24NO3+. The summed E-state index contributed by atoms with van der Waals surface area (Å²) in [4.78, 5) is 13.4. The van der Waals surface area contributed by atoms with Gasteiger partial charge in [-0.3, -0.25) is 0 Å².